The van der Waals surface area contributed by atoms with Crippen molar-refractivity contribution in [2.45, 2.75) is 25.5 Å². The summed E-state index contributed by atoms with van der Waals surface area (Å²) in [7, 11) is 4.33. The summed E-state index contributed by atoms with van der Waals surface area (Å²) in [5.74, 6) is 1.50. The Balaban J connectivity index is 2.98. The molecule has 0 saturated carbocycles. The van der Waals surface area contributed by atoms with Crippen LogP contribution in [0.5, 0.6) is 11.5 Å². The molecule has 6 nitrogen and oxygen atoms in total. The van der Waals surface area contributed by atoms with E-state index in [1.54, 1.807) is 6.92 Å². The van der Waals surface area contributed by atoms with Gasteiger partial charge in [-0.05, 0) is 20.8 Å². The van der Waals surface area contributed by atoms with E-state index in [1.807, 2.05) is 13.8 Å². The Kier molecular flexibility index (Phi) is 6.13. The minimum absolute atomic E-state index is 0.261. The van der Waals surface area contributed by atoms with Crippen LogP contribution in [0.15, 0.2) is 0 Å². The zero-order valence-corrected chi connectivity index (χ0v) is 17.7. The van der Waals surface area contributed by atoms with Gasteiger partial charge in [0.05, 0.1) is 35.0 Å². The Morgan fingerprint density at radius 3 is 2.36 bits per heavy atom. The van der Waals surface area contributed by atoms with Crippen molar-refractivity contribution in [2.24, 2.45) is 0 Å². The second kappa shape index (κ2) is 7.61. The maximum Gasteiger partial charge on any atom is 0.186 e. The molecule has 0 amide bonds. The molecule has 136 valence electrons. The lowest BCUT2D eigenvalue weighted by Crippen LogP contribution is -2.17. The number of nitrogens with two attached hydrogens (primary N) is 1. The highest BCUT2D eigenvalue weighted by Crippen LogP contribution is 2.49. The average Bonchev–Trinajstić information content (AvgIpc) is 2.56. The topological polar surface area (TPSA) is 82.3 Å². The summed E-state index contributed by atoms with van der Waals surface area (Å²) in [6, 6.07) is 0. The monoisotopic (exact) mass is 418 g/mol. The molecule has 3 N–H and O–H groups in total. The summed E-state index contributed by atoms with van der Waals surface area (Å²) in [6.45, 7) is 5.63. The second-order valence-corrected chi connectivity index (χ2v) is 8.44. The van der Waals surface area contributed by atoms with E-state index in [1.165, 1.54) is 25.0 Å². The molecule has 2 aromatic rings. The molecule has 1 aromatic heterocycles. The van der Waals surface area contributed by atoms with Crippen molar-refractivity contribution in [1.82, 2.24) is 9.97 Å². The summed E-state index contributed by atoms with van der Waals surface area (Å²) in [6.07, 6.45) is 0. The highest BCUT2D eigenvalue weighted by molar-refractivity contribution is 8.68. The predicted octanol–water partition coefficient (Wildman–Crippen LogP) is 4.45. The molecule has 25 heavy (non-hydrogen) atoms. The van der Waals surface area contributed by atoms with Gasteiger partial charge < -0.3 is 20.5 Å². The third-order valence-electron chi connectivity index (χ3n) is 3.50. The van der Waals surface area contributed by atoms with E-state index in [4.69, 9.17) is 39.0 Å². The van der Waals surface area contributed by atoms with Gasteiger partial charge >= 0.3 is 0 Å². The third-order valence-corrected chi connectivity index (χ3v) is 5.96. The largest absolute Gasteiger partial charge is 0.491 e. The Bertz CT molecular complexity index is 846. The first-order chi connectivity index (χ1) is 11.7. The van der Waals surface area contributed by atoms with Crippen molar-refractivity contribution in [2.75, 3.05) is 25.3 Å². The average molecular weight is 419 g/mol. The number of rotatable bonds is 5. The van der Waals surface area contributed by atoms with Crippen molar-refractivity contribution >= 4 is 73.7 Å². The third kappa shape index (κ3) is 3.69. The van der Waals surface area contributed by atoms with Crippen molar-refractivity contribution in [3.05, 3.63) is 10.8 Å². The van der Waals surface area contributed by atoms with Gasteiger partial charge in [-0.15, -0.1) is 11.7 Å². The van der Waals surface area contributed by atoms with Crippen LogP contribution in [0.1, 0.15) is 26.6 Å². The summed E-state index contributed by atoms with van der Waals surface area (Å²) in [5.41, 5.74) is 7.22. The maximum absolute atomic E-state index is 6.53. The van der Waals surface area contributed by atoms with E-state index < -0.39 is 4.75 Å². The van der Waals surface area contributed by atoms with E-state index in [0.717, 1.165) is 0 Å². The Labute approximate surface area is 166 Å². The number of thiocarbonyl (C=S) groups is 1. The fourth-order valence-corrected chi connectivity index (χ4v) is 3.12. The number of hydrogen-bond acceptors (Lipinski definition) is 8. The highest BCUT2D eigenvalue weighted by Gasteiger charge is 2.29. The van der Waals surface area contributed by atoms with E-state index in [0.29, 0.717) is 38.9 Å². The van der Waals surface area contributed by atoms with Crippen molar-refractivity contribution < 1.29 is 9.47 Å². The van der Waals surface area contributed by atoms with Gasteiger partial charge in [-0.1, -0.05) is 34.6 Å². The lowest BCUT2D eigenvalue weighted by atomic mass is 10.1. The summed E-state index contributed by atoms with van der Waals surface area (Å²) in [5, 5.41) is 3.88. The van der Waals surface area contributed by atoms with Crippen molar-refractivity contribution in [3.8, 4) is 11.5 Å². The van der Waals surface area contributed by atoms with Crippen LogP contribution in [0.2, 0.25) is 5.02 Å². The van der Waals surface area contributed by atoms with E-state index >= 15 is 0 Å². The number of methoxy groups -OCH3 is 2. The molecular formula is C15H19ClN4O2S3. The van der Waals surface area contributed by atoms with Crippen LogP contribution < -0.4 is 20.5 Å². The van der Waals surface area contributed by atoms with Gasteiger partial charge in [0.15, 0.2) is 11.5 Å². The smallest absolute Gasteiger partial charge is 0.186 e. The minimum atomic E-state index is -0.463. The lowest BCUT2D eigenvalue weighted by molar-refractivity contribution is 0.357. The predicted molar refractivity (Wildman–Crippen MR) is 114 cm³/mol. The first kappa shape index (κ1) is 20.2. The molecule has 0 bridgehead atoms. The fourth-order valence-electron chi connectivity index (χ4n) is 2.30. The number of benzene rings is 1. The molecule has 0 aliphatic heterocycles. The number of hydrogen-bond donors (Lipinski definition) is 3. The zero-order valence-electron chi connectivity index (χ0n) is 14.4. The zero-order chi connectivity index (χ0) is 18.9. The molecule has 0 atom stereocenters. The fraction of sp³-hybridized carbons (Fsp3) is 0.400. The van der Waals surface area contributed by atoms with E-state index in [-0.39, 0.29) is 10.8 Å². The minimum Gasteiger partial charge on any atom is -0.491 e. The van der Waals surface area contributed by atoms with Crippen LogP contribution in [-0.2, 0) is 4.75 Å². The number of aromatic nitrogens is 2. The van der Waals surface area contributed by atoms with Gasteiger partial charge in [-0.25, -0.2) is 9.97 Å². The maximum atomic E-state index is 6.53. The Morgan fingerprint density at radius 1 is 1.28 bits per heavy atom. The molecule has 0 spiro atoms. The van der Waals surface area contributed by atoms with Gasteiger partial charge in [0.2, 0.25) is 0 Å². The molecular weight excluding hydrogens is 400 g/mol. The van der Waals surface area contributed by atoms with Gasteiger partial charge in [0, 0.05) is 0 Å². The Morgan fingerprint density at radius 2 is 1.88 bits per heavy atom. The van der Waals surface area contributed by atoms with E-state index in [2.05, 4.69) is 26.9 Å². The van der Waals surface area contributed by atoms with Crippen LogP contribution in [0.3, 0.4) is 0 Å². The summed E-state index contributed by atoms with van der Waals surface area (Å²) >= 11 is 16.0. The second-order valence-electron chi connectivity index (χ2n) is 5.69. The molecule has 10 heteroatoms. The first-order valence-corrected chi connectivity index (χ1v) is 9.84. The van der Waals surface area contributed by atoms with Crippen LogP contribution >= 0.6 is 46.3 Å². The number of anilines is 2. The highest BCUT2D eigenvalue weighted by atomic mass is 35.5. The molecule has 1 heterocycles. The summed E-state index contributed by atoms with van der Waals surface area (Å²) in [4.78, 5) is 9.59. The molecule has 0 aliphatic carbocycles. The Hall–Kier alpha value is -1.16. The molecule has 0 radical (unpaired) electrons. The van der Waals surface area contributed by atoms with Crippen molar-refractivity contribution in [3.63, 3.8) is 0 Å². The number of fused-ring (bicyclic) bond motifs is 1. The number of nitrogens with one attached hydrogen (secondary N) is 1. The number of ether oxygens (including phenoxy) is 2. The van der Waals surface area contributed by atoms with Crippen LogP contribution in [0.4, 0.5) is 11.5 Å². The van der Waals surface area contributed by atoms with Gasteiger partial charge in [-0.3, -0.25) is 0 Å². The normalized spacial score (nSPS) is 11.5. The lowest BCUT2D eigenvalue weighted by Gasteiger charge is -2.23. The number of nitrogens with zero attached hydrogens (tertiary/aromatic N) is 2. The molecule has 0 unspecified atom stereocenters. The molecule has 0 aliphatic rings. The molecule has 0 saturated heterocycles. The first-order valence-electron chi connectivity index (χ1n) is 7.19. The number of halogens is 1. The van der Waals surface area contributed by atoms with Crippen LogP contribution in [-0.4, -0.2) is 29.2 Å². The summed E-state index contributed by atoms with van der Waals surface area (Å²) < 4.78 is 10.4. The molecule has 1 aromatic carbocycles. The standard InChI is InChI=1S/C15H19ClN4O2S3/c1-6(23)18-10-7-9(8(16)11(21-4)12(10)22-5)19-14(20-13(7)17)15(2,3)25-24/h24H,1-5H3,(H,18,23)(H2,17,19,20). The molecule has 2 rings (SSSR count). The number of nitrogen functional groups attached to an aromatic ring is 1. The van der Waals surface area contributed by atoms with Gasteiger partial charge in [-0.2, -0.15) is 0 Å². The van der Waals surface area contributed by atoms with Crippen LogP contribution in [0, 0.1) is 0 Å². The SMILES string of the molecule is COc1c(OC)c(NC(C)=S)c2c(N)nc(C(C)(C)SS)nc2c1Cl. The van der Waals surface area contributed by atoms with Crippen molar-refractivity contribution in [1.29, 1.82) is 0 Å². The number of thiol groups is 1. The van der Waals surface area contributed by atoms with Gasteiger partial charge in [0.25, 0.3) is 0 Å². The molecule has 0 fully saturated rings. The van der Waals surface area contributed by atoms with E-state index in [9.17, 15) is 0 Å². The van der Waals surface area contributed by atoms with Gasteiger partial charge in [0.1, 0.15) is 22.2 Å². The van der Waals surface area contributed by atoms with Crippen LogP contribution in [0.25, 0.3) is 10.9 Å². The quantitative estimate of drug-likeness (QED) is 0.373.